The summed E-state index contributed by atoms with van der Waals surface area (Å²) in [5, 5.41) is 26.9. The summed E-state index contributed by atoms with van der Waals surface area (Å²) >= 11 is 0. The summed E-state index contributed by atoms with van der Waals surface area (Å²) < 4.78 is 48.6. The molecule has 14 heteroatoms. The molecule has 1 N–H and O–H groups in total. The summed E-state index contributed by atoms with van der Waals surface area (Å²) in [7, 11) is 0. The molecule has 1 unspecified atom stereocenters. The van der Waals surface area contributed by atoms with E-state index in [1.54, 1.807) is 24.3 Å². The van der Waals surface area contributed by atoms with Gasteiger partial charge in [-0.3, -0.25) is 4.79 Å². The highest BCUT2D eigenvalue weighted by molar-refractivity contribution is 5.74. The number of nitriles is 1. The van der Waals surface area contributed by atoms with Crippen molar-refractivity contribution in [2.45, 2.75) is 33.2 Å². The van der Waals surface area contributed by atoms with Gasteiger partial charge in [-0.25, -0.2) is 14.8 Å². The Labute approximate surface area is 214 Å². The number of nitrogens with zero attached hydrogens (tertiary/aromatic N) is 6. The Bertz CT molecular complexity index is 1410. The van der Waals surface area contributed by atoms with Crippen molar-refractivity contribution < 1.29 is 37.3 Å². The van der Waals surface area contributed by atoms with Crippen molar-refractivity contribution >= 4 is 24.3 Å². The number of rotatable bonds is 8. The number of alkyl halides is 3. The zero-order valence-electron chi connectivity index (χ0n) is 20.3. The molecule has 0 aliphatic heterocycles. The molecule has 3 aromatic rings. The highest BCUT2D eigenvalue weighted by Crippen LogP contribution is 2.27. The van der Waals surface area contributed by atoms with E-state index in [0.29, 0.717) is 11.1 Å². The van der Waals surface area contributed by atoms with E-state index < -0.39 is 42.2 Å². The molecule has 0 spiro atoms. The van der Waals surface area contributed by atoms with Crippen LogP contribution in [0.2, 0.25) is 0 Å². The Hall–Kier alpha value is -4.80. The molecule has 0 bridgehead atoms. The molecular formula is C24H21F3N6O5. The Morgan fingerprint density at radius 3 is 2.61 bits per heavy atom. The van der Waals surface area contributed by atoms with Crippen LogP contribution in [-0.2, 0) is 20.4 Å². The smallest absolute Gasteiger partial charge is 0.481 e. The first kappa shape index (κ1) is 27.8. The molecule has 2 aromatic heterocycles. The Morgan fingerprint density at radius 2 is 1.95 bits per heavy atom. The van der Waals surface area contributed by atoms with Gasteiger partial charge < -0.3 is 14.6 Å². The normalized spacial score (nSPS) is 12.7. The van der Waals surface area contributed by atoms with Crippen molar-refractivity contribution in [3.05, 3.63) is 59.3 Å². The maximum absolute atomic E-state index is 12.9. The van der Waals surface area contributed by atoms with Crippen LogP contribution in [0, 0.1) is 16.7 Å². The number of halogens is 3. The van der Waals surface area contributed by atoms with Crippen molar-refractivity contribution in [3.8, 4) is 17.3 Å². The lowest BCUT2D eigenvalue weighted by Crippen LogP contribution is -2.31. The van der Waals surface area contributed by atoms with Gasteiger partial charge in [0.15, 0.2) is 11.5 Å². The molecular weight excluding hydrogens is 509 g/mol. The highest BCUT2D eigenvalue weighted by atomic mass is 19.4. The van der Waals surface area contributed by atoms with E-state index in [-0.39, 0.29) is 17.2 Å². The molecule has 3 rings (SSSR count). The molecule has 0 fully saturated rings. The Balaban J connectivity index is 1.77. The molecule has 0 aliphatic rings. The number of benzene rings is 1. The lowest BCUT2D eigenvalue weighted by molar-refractivity contribution is -0.149. The standard InChI is InChI=1S/C24H21F3N6O5/c1-14(38-22(36)37-13-23(2,3)21(34)35)33-31-17(12-28)20(32-33)16-6-4-5-15(11-16)7-8-19-29-10-9-18(30-19)24(25,26)27/h4-11,14H,13H2,1-3H3,(H,34,35)/b8-7+. The van der Waals surface area contributed by atoms with Crippen LogP contribution in [0.4, 0.5) is 18.0 Å². The maximum atomic E-state index is 12.9. The molecule has 1 atom stereocenters. The maximum Gasteiger partial charge on any atom is 0.510 e. The molecule has 2 heterocycles. The van der Waals surface area contributed by atoms with Crippen LogP contribution < -0.4 is 0 Å². The minimum Gasteiger partial charge on any atom is -0.481 e. The summed E-state index contributed by atoms with van der Waals surface area (Å²) in [5.74, 6) is -1.30. The molecule has 0 aliphatic carbocycles. The predicted molar refractivity (Wildman–Crippen MR) is 125 cm³/mol. The third-order valence-electron chi connectivity index (χ3n) is 5.01. The Kier molecular flexibility index (Phi) is 8.10. The van der Waals surface area contributed by atoms with E-state index in [1.807, 2.05) is 6.07 Å². The van der Waals surface area contributed by atoms with Crippen LogP contribution in [0.15, 0.2) is 36.5 Å². The van der Waals surface area contributed by atoms with Crippen molar-refractivity contribution in [2.75, 3.05) is 6.61 Å². The van der Waals surface area contributed by atoms with E-state index >= 15 is 0 Å². The number of carbonyl (C=O) groups excluding carboxylic acids is 1. The van der Waals surface area contributed by atoms with Crippen LogP contribution in [0.25, 0.3) is 23.4 Å². The minimum atomic E-state index is -4.60. The van der Waals surface area contributed by atoms with Gasteiger partial charge in [0.2, 0.25) is 6.23 Å². The SMILES string of the molecule is CC(OC(=O)OCC(C)(C)C(=O)O)n1nc(C#N)c(-c2cccc(/C=C/c3nccc(C(F)(F)F)n3)c2)n1. The third kappa shape index (κ3) is 6.90. The first-order valence-electron chi connectivity index (χ1n) is 10.9. The van der Waals surface area contributed by atoms with Crippen molar-refractivity contribution in [1.82, 2.24) is 25.0 Å². The monoisotopic (exact) mass is 530 g/mol. The zero-order valence-corrected chi connectivity index (χ0v) is 20.3. The first-order valence-corrected chi connectivity index (χ1v) is 10.9. The van der Waals surface area contributed by atoms with Gasteiger partial charge in [-0.05, 0) is 44.5 Å². The highest BCUT2D eigenvalue weighted by Gasteiger charge is 2.32. The number of carboxylic acids is 1. The largest absolute Gasteiger partial charge is 0.510 e. The van der Waals surface area contributed by atoms with Gasteiger partial charge in [0.1, 0.15) is 24.1 Å². The number of hydrogen-bond donors (Lipinski definition) is 1. The zero-order chi connectivity index (χ0) is 28.1. The Morgan fingerprint density at radius 1 is 1.21 bits per heavy atom. The fourth-order valence-corrected chi connectivity index (χ4v) is 2.85. The van der Waals surface area contributed by atoms with E-state index in [4.69, 9.17) is 14.6 Å². The summed E-state index contributed by atoms with van der Waals surface area (Å²) in [6.45, 7) is 3.74. The lowest BCUT2D eigenvalue weighted by atomic mass is 9.95. The summed E-state index contributed by atoms with van der Waals surface area (Å²) in [5.41, 5.74) is -1.30. The summed E-state index contributed by atoms with van der Waals surface area (Å²) in [6.07, 6.45) is -3.03. The number of hydrogen-bond acceptors (Lipinski definition) is 9. The second-order valence-corrected chi connectivity index (χ2v) is 8.53. The van der Waals surface area contributed by atoms with Gasteiger partial charge in [0.05, 0.1) is 5.41 Å². The molecule has 0 saturated heterocycles. The molecule has 0 radical (unpaired) electrons. The van der Waals surface area contributed by atoms with Crippen molar-refractivity contribution in [3.63, 3.8) is 0 Å². The molecule has 1 aromatic carbocycles. The number of aliphatic carboxylic acids is 1. The molecule has 0 amide bonds. The van der Waals surface area contributed by atoms with Crippen LogP contribution in [0.3, 0.4) is 0 Å². The predicted octanol–water partition coefficient (Wildman–Crippen LogP) is 4.58. The molecule has 11 nitrogen and oxygen atoms in total. The third-order valence-corrected chi connectivity index (χ3v) is 5.01. The van der Waals surface area contributed by atoms with E-state index in [0.717, 1.165) is 17.1 Å². The number of carboxylic acid groups (broad SMARTS) is 1. The summed E-state index contributed by atoms with van der Waals surface area (Å²) in [4.78, 5) is 31.4. The topological polar surface area (TPSA) is 153 Å². The van der Waals surface area contributed by atoms with Gasteiger partial charge in [0.25, 0.3) is 0 Å². The second-order valence-electron chi connectivity index (χ2n) is 8.53. The van der Waals surface area contributed by atoms with Gasteiger partial charge >= 0.3 is 18.3 Å². The van der Waals surface area contributed by atoms with Crippen LogP contribution in [-0.4, -0.2) is 48.8 Å². The fourth-order valence-electron chi connectivity index (χ4n) is 2.85. The fraction of sp³-hybridized carbons (Fsp3) is 0.292. The average molecular weight is 530 g/mol. The molecule has 0 saturated carbocycles. The van der Waals surface area contributed by atoms with Crippen molar-refractivity contribution in [2.24, 2.45) is 5.41 Å². The van der Waals surface area contributed by atoms with Crippen LogP contribution in [0.5, 0.6) is 0 Å². The number of aromatic nitrogens is 5. The molecule has 38 heavy (non-hydrogen) atoms. The van der Waals surface area contributed by atoms with Gasteiger partial charge in [-0.1, -0.05) is 24.3 Å². The van der Waals surface area contributed by atoms with Crippen molar-refractivity contribution in [1.29, 1.82) is 5.26 Å². The van der Waals surface area contributed by atoms with E-state index in [1.165, 1.54) is 32.9 Å². The minimum absolute atomic E-state index is 0.0804. The second kappa shape index (κ2) is 11.1. The quantitative estimate of drug-likeness (QED) is 0.410. The number of ether oxygens (including phenoxy) is 2. The van der Waals surface area contributed by atoms with Crippen LogP contribution in [0.1, 0.15) is 49.8 Å². The first-order chi connectivity index (χ1) is 17.8. The lowest BCUT2D eigenvalue weighted by Gasteiger charge is -2.19. The molecule has 198 valence electrons. The summed E-state index contributed by atoms with van der Waals surface area (Å²) in [6, 6.07) is 9.24. The van der Waals surface area contributed by atoms with Crippen LogP contribution >= 0.6 is 0 Å². The number of carbonyl (C=O) groups is 2. The van der Waals surface area contributed by atoms with Gasteiger partial charge in [0, 0.05) is 11.8 Å². The van der Waals surface area contributed by atoms with Gasteiger partial charge in [-0.15, -0.1) is 15.0 Å². The van der Waals surface area contributed by atoms with E-state index in [9.17, 15) is 28.0 Å². The van der Waals surface area contributed by atoms with Gasteiger partial charge in [-0.2, -0.15) is 18.4 Å². The van der Waals surface area contributed by atoms with E-state index in [2.05, 4.69) is 20.2 Å². The average Bonchev–Trinajstić information content (AvgIpc) is 3.31.